The van der Waals surface area contributed by atoms with Crippen molar-refractivity contribution in [2.24, 2.45) is 0 Å². The summed E-state index contributed by atoms with van der Waals surface area (Å²) in [5.74, 6) is 0.845. The molecule has 1 aliphatic heterocycles. The van der Waals surface area contributed by atoms with Crippen LogP contribution in [0.15, 0.2) is 18.3 Å². The molecule has 1 aromatic rings. The van der Waals surface area contributed by atoms with Crippen molar-refractivity contribution in [2.45, 2.75) is 18.9 Å². The molecule has 0 aromatic carbocycles. The Morgan fingerprint density at radius 1 is 1.59 bits per heavy atom. The summed E-state index contributed by atoms with van der Waals surface area (Å²) in [5.41, 5.74) is 6.54. The zero-order valence-electron chi connectivity index (χ0n) is 10.3. The van der Waals surface area contributed by atoms with Gasteiger partial charge in [0.25, 0.3) is 0 Å². The standard InChI is InChI=1S/C12H18N4O/c1-15(2)12(17)10-6-4-8-16(10)11-9(13)5-3-7-14-11/h3,5,7,10H,4,6,8,13H2,1-2H3/t10-/m1/s1. The lowest BCUT2D eigenvalue weighted by Gasteiger charge is -2.27. The molecule has 1 aliphatic rings. The number of nitrogen functional groups attached to an aromatic ring is 1. The van der Waals surface area contributed by atoms with E-state index in [1.54, 1.807) is 31.3 Å². The van der Waals surface area contributed by atoms with Crippen LogP contribution in [0.4, 0.5) is 11.5 Å². The number of carbonyl (C=O) groups excluding carboxylic acids is 1. The molecular formula is C12H18N4O. The molecule has 1 aromatic heterocycles. The van der Waals surface area contributed by atoms with Gasteiger partial charge in [0.1, 0.15) is 6.04 Å². The Kier molecular flexibility index (Phi) is 3.17. The summed E-state index contributed by atoms with van der Waals surface area (Å²) >= 11 is 0. The van der Waals surface area contributed by atoms with Crippen LogP contribution >= 0.6 is 0 Å². The number of amides is 1. The fourth-order valence-corrected chi connectivity index (χ4v) is 2.22. The van der Waals surface area contributed by atoms with Gasteiger partial charge in [0.2, 0.25) is 5.91 Å². The topological polar surface area (TPSA) is 62.5 Å². The van der Waals surface area contributed by atoms with E-state index in [-0.39, 0.29) is 11.9 Å². The van der Waals surface area contributed by atoms with E-state index < -0.39 is 0 Å². The van der Waals surface area contributed by atoms with E-state index in [1.165, 1.54) is 0 Å². The van der Waals surface area contributed by atoms with Crippen molar-refractivity contribution in [3.8, 4) is 0 Å². The maximum Gasteiger partial charge on any atom is 0.244 e. The number of rotatable bonds is 2. The van der Waals surface area contributed by atoms with Crippen molar-refractivity contribution in [3.05, 3.63) is 18.3 Å². The van der Waals surface area contributed by atoms with Gasteiger partial charge in [0.15, 0.2) is 5.82 Å². The average Bonchev–Trinajstić information content (AvgIpc) is 2.77. The van der Waals surface area contributed by atoms with Crippen molar-refractivity contribution in [1.29, 1.82) is 0 Å². The maximum absolute atomic E-state index is 12.1. The average molecular weight is 234 g/mol. The smallest absolute Gasteiger partial charge is 0.244 e. The fraction of sp³-hybridized carbons (Fsp3) is 0.500. The number of hydrogen-bond donors (Lipinski definition) is 1. The molecule has 0 unspecified atom stereocenters. The molecule has 5 heteroatoms. The van der Waals surface area contributed by atoms with Gasteiger partial charge in [0.05, 0.1) is 5.69 Å². The van der Waals surface area contributed by atoms with Gasteiger partial charge in [-0.05, 0) is 25.0 Å². The van der Waals surface area contributed by atoms with E-state index in [4.69, 9.17) is 5.73 Å². The molecule has 1 saturated heterocycles. The Morgan fingerprint density at radius 3 is 3.00 bits per heavy atom. The first-order valence-electron chi connectivity index (χ1n) is 5.79. The maximum atomic E-state index is 12.1. The predicted molar refractivity (Wildman–Crippen MR) is 67.7 cm³/mol. The lowest BCUT2D eigenvalue weighted by molar-refractivity contribution is -0.129. The van der Waals surface area contributed by atoms with Crippen LogP contribution in [0, 0.1) is 0 Å². The second-order valence-electron chi connectivity index (χ2n) is 4.50. The quantitative estimate of drug-likeness (QED) is 0.819. The fourth-order valence-electron chi connectivity index (χ4n) is 2.22. The summed E-state index contributed by atoms with van der Waals surface area (Å²) in [6, 6.07) is 3.50. The molecule has 2 heterocycles. The van der Waals surface area contributed by atoms with E-state index in [9.17, 15) is 4.79 Å². The SMILES string of the molecule is CN(C)C(=O)[C@H]1CCCN1c1ncccc1N. The Hall–Kier alpha value is -1.78. The highest BCUT2D eigenvalue weighted by Gasteiger charge is 2.33. The number of nitrogens with zero attached hydrogens (tertiary/aromatic N) is 3. The van der Waals surface area contributed by atoms with E-state index in [0.717, 1.165) is 25.2 Å². The van der Waals surface area contributed by atoms with Crippen LogP contribution in [0.5, 0.6) is 0 Å². The van der Waals surface area contributed by atoms with Crippen LogP contribution < -0.4 is 10.6 Å². The van der Waals surface area contributed by atoms with Crippen molar-refractivity contribution in [1.82, 2.24) is 9.88 Å². The number of anilines is 2. The third kappa shape index (κ3) is 2.18. The van der Waals surface area contributed by atoms with E-state index >= 15 is 0 Å². The van der Waals surface area contributed by atoms with Crippen molar-refractivity contribution >= 4 is 17.4 Å². The minimum absolute atomic E-state index is 0.118. The highest BCUT2D eigenvalue weighted by Crippen LogP contribution is 2.28. The van der Waals surface area contributed by atoms with Gasteiger partial charge in [-0.2, -0.15) is 0 Å². The summed E-state index contributed by atoms with van der Waals surface area (Å²) in [6.45, 7) is 0.839. The van der Waals surface area contributed by atoms with Gasteiger partial charge in [0, 0.05) is 26.8 Å². The number of carbonyl (C=O) groups is 1. The second-order valence-corrected chi connectivity index (χ2v) is 4.50. The largest absolute Gasteiger partial charge is 0.396 e. The van der Waals surface area contributed by atoms with Crippen LogP contribution in [0.1, 0.15) is 12.8 Å². The third-order valence-corrected chi connectivity index (χ3v) is 3.07. The molecule has 17 heavy (non-hydrogen) atoms. The highest BCUT2D eigenvalue weighted by atomic mass is 16.2. The molecule has 1 fully saturated rings. The molecule has 1 amide bonds. The lowest BCUT2D eigenvalue weighted by Crippen LogP contribution is -2.43. The molecule has 92 valence electrons. The normalized spacial score (nSPS) is 19.4. The number of likely N-dealkylation sites (N-methyl/N-ethyl adjacent to an activating group) is 1. The molecule has 5 nitrogen and oxygen atoms in total. The van der Waals surface area contributed by atoms with Crippen molar-refractivity contribution in [3.63, 3.8) is 0 Å². The van der Waals surface area contributed by atoms with Crippen LogP contribution in [-0.2, 0) is 4.79 Å². The minimum atomic E-state index is -0.123. The van der Waals surface area contributed by atoms with Crippen LogP contribution in [0.25, 0.3) is 0 Å². The number of nitrogens with two attached hydrogens (primary N) is 1. The molecular weight excluding hydrogens is 216 g/mol. The number of aromatic nitrogens is 1. The van der Waals surface area contributed by atoms with Gasteiger partial charge in [-0.25, -0.2) is 4.98 Å². The summed E-state index contributed by atoms with van der Waals surface area (Å²) < 4.78 is 0. The monoisotopic (exact) mass is 234 g/mol. The van der Waals surface area contributed by atoms with Crippen molar-refractivity contribution in [2.75, 3.05) is 31.3 Å². The number of hydrogen-bond acceptors (Lipinski definition) is 4. The van der Waals surface area contributed by atoms with Gasteiger partial charge in [-0.1, -0.05) is 0 Å². The first-order valence-corrected chi connectivity index (χ1v) is 5.79. The Balaban J connectivity index is 2.26. The van der Waals surface area contributed by atoms with Crippen LogP contribution in [-0.4, -0.2) is 42.5 Å². The lowest BCUT2D eigenvalue weighted by atomic mass is 10.2. The summed E-state index contributed by atoms with van der Waals surface area (Å²) in [5, 5.41) is 0. The van der Waals surface area contributed by atoms with Gasteiger partial charge in [-0.15, -0.1) is 0 Å². The summed E-state index contributed by atoms with van der Waals surface area (Å²) in [6.07, 6.45) is 3.58. The molecule has 0 aliphatic carbocycles. The molecule has 1 atom stereocenters. The van der Waals surface area contributed by atoms with Crippen molar-refractivity contribution < 1.29 is 4.79 Å². The molecule has 2 rings (SSSR count). The Morgan fingerprint density at radius 2 is 2.35 bits per heavy atom. The van der Waals surface area contributed by atoms with Gasteiger partial charge >= 0.3 is 0 Å². The molecule has 0 radical (unpaired) electrons. The Bertz CT molecular complexity index is 419. The molecule has 0 spiro atoms. The van der Waals surface area contributed by atoms with E-state index in [2.05, 4.69) is 4.98 Å². The Labute approximate surface area is 101 Å². The van der Waals surface area contributed by atoms with Gasteiger partial charge < -0.3 is 15.5 Å². The summed E-state index contributed by atoms with van der Waals surface area (Å²) in [4.78, 5) is 20.0. The van der Waals surface area contributed by atoms with E-state index in [0.29, 0.717) is 5.69 Å². The number of pyridine rings is 1. The third-order valence-electron chi connectivity index (χ3n) is 3.07. The predicted octanol–water partition coefficient (Wildman–Crippen LogP) is 0.721. The van der Waals surface area contributed by atoms with Crippen LogP contribution in [0.3, 0.4) is 0 Å². The van der Waals surface area contributed by atoms with E-state index in [1.807, 2.05) is 11.0 Å². The highest BCUT2D eigenvalue weighted by molar-refractivity contribution is 5.86. The molecule has 0 saturated carbocycles. The first-order chi connectivity index (χ1) is 8.11. The molecule has 2 N–H and O–H groups in total. The zero-order chi connectivity index (χ0) is 12.4. The first kappa shape index (κ1) is 11.7. The van der Waals surface area contributed by atoms with Crippen LogP contribution in [0.2, 0.25) is 0 Å². The van der Waals surface area contributed by atoms with Gasteiger partial charge in [-0.3, -0.25) is 4.79 Å². The summed E-state index contributed by atoms with van der Waals surface area (Å²) in [7, 11) is 3.56. The zero-order valence-corrected chi connectivity index (χ0v) is 10.3. The molecule has 0 bridgehead atoms. The second kappa shape index (κ2) is 4.61. The minimum Gasteiger partial charge on any atom is -0.396 e.